The molecule has 0 aliphatic heterocycles. The Hall–Kier alpha value is -0.0800. The first-order chi connectivity index (χ1) is 23.8. The van der Waals surface area contributed by atoms with Crippen molar-refractivity contribution in [3.63, 3.8) is 0 Å². The van der Waals surface area contributed by atoms with Gasteiger partial charge >= 0.3 is 0 Å². The van der Waals surface area contributed by atoms with Crippen molar-refractivity contribution in [2.24, 2.45) is 0 Å². The Morgan fingerprint density at radius 3 is 0.833 bits per heavy atom. The van der Waals surface area contributed by atoms with E-state index in [1.165, 1.54) is 264 Å². The fraction of sp³-hybridized carbons (Fsp3) is 1.00. The Morgan fingerprint density at radius 1 is 0.312 bits per heavy atom. The fourth-order valence-electron chi connectivity index (χ4n) is 7.57. The summed E-state index contributed by atoms with van der Waals surface area (Å²) >= 11 is 0. The van der Waals surface area contributed by atoms with E-state index < -0.39 is 0 Å². The van der Waals surface area contributed by atoms with Crippen LogP contribution in [0.1, 0.15) is 265 Å². The maximum absolute atomic E-state index is 3.99. The maximum atomic E-state index is 3.99. The lowest BCUT2D eigenvalue weighted by Crippen LogP contribution is -2.42. The molecule has 0 aromatic carbocycles. The molecule has 0 aliphatic carbocycles. The van der Waals surface area contributed by atoms with Crippen molar-refractivity contribution in [1.29, 1.82) is 0 Å². The topological polar surface area (TPSA) is 15.3 Å². The molecule has 0 bridgehead atoms. The van der Waals surface area contributed by atoms with E-state index in [0.717, 1.165) is 0 Å². The molecule has 0 saturated heterocycles. The predicted octanol–water partition coefficient (Wildman–Crippen LogP) is 15.8. The molecule has 0 rings (SSSR count). The lowest BCUT2D eigenvalue weighted by Gasteiger charge is -2.28. The second-order valence-corrected chi connectivity index (χ2v) is 16.0. The van der Waals surface area contributed by atoms with Crippen molar-refractivity contribution in [2.75, 3.05) is 26.2 Å². The third kappa shape index (κ3) is 38.7. The van der Waals surface area contributed by atoms with Crippen molar-refractivity contribution in [3.05, 3.63) is 0 Å². The van der Waals surface area contributed by atoms with Crippen molar-refractivity contribution < 1.29 is 0 Å². The number of hydrogen-bond donors (Lipinski definition) is 1. The van der Waals surface area contributed by atoms with E-state index in [4.69, 9.17) is 0 Å². The largest absolute Gasteiger partial charge is 0.313 e. The van der Waals surface area contributed by atoms with E-state index in [-0.39, 0.29) is 0 Å². The Bertz CT molecular complexity index is 520. The zero-order valence-corrected chi connectivity index (χ0v) is 34.5. The van der Waals surface area contributed by atoms with Gasteiger partial charge in [0, 0.05) is 12.6 Å². The molecule has 0 spiro atoms. The van der Waals surface area contributed by atoms with Gasteiger partial charge in [-0.05, 0) is 45.3 Å². The molecule has 0 aliphatic rings. The SMILES string of the molecule is CCCCCCCCCCCCCCNC(CC)CN(CCCCCCCCCCCCCC)CCCCCCCCCCCCCC. The molecule has 0 aromatic heterocycles. The van der Waals surface area contributed by atoms with Crippen LogP contribution >= 0.6 is 0 Å². The summed E-state index contributed by atoms with van der Waals surface area (Å²) in [5.41, 5.74) is 0. The number of hydrogen-bond acceptors (Lipinski definition) is 2. The quantitative estimate of drug-likeness (QED) is 0.0647. The molecule has 1 unspecified atom stereocenters. The molecule has 0 radical (unpaired) electrons. The minimum atomic E-state index is 0.673. The minimum Gasteiger partial charge on any atom is -0.313 e. The summed E-state index contributed by atoms with van der Waals surface area (Å²) in [5.74, 6) is 0. The van der Waals surface area contributed by atoms with E-state index >= 15 is 0 Å². The smallest absolute Gasteiger partial charge is 0.0192 e. The van der Waals surface area contributed by atoms with E-state index in [2.05, 4.69) is 37.9 Å². The van der Waals surface area contributed by atoms with Crippen LogP contribution in [0.25, 0.3) is 0 Å². The van der Waals surface area contributed by atoms with Gasteiger partial charge in [-0.2, -0.15) is 0 Å². The van der Waals surface area contributed by atoms with E-state index in [0.29, 0.717) is 6.04 Å². The van der Waals surface area contributed by atoms with Crippen LogP contribution in [-0.2, 0) is 0 Å². The van der Waals surface area contributed by atoms with E-state index in [1.54, 1.807) is 0 Å². The van der Waals surface area contributed by atoms with Gasteiger partial charge in [0.05, 0.1) is 0 Å². The lowest BCUT2D eigenvalue weighted by molar-refractivity contribution is 0.228. The Balaban J connectivity index is 4.16. The highest BCUT2D eigenvalue weighted by Crippen LogP contribution is 2.15. The summed E-state index contributed by atoms with van der Waals surface area (Å²) in [6.45, 7) is 14.5. The van der Waals surface area contributed by atoms with Crippen molar-refractivity contribution in [3.8, 4) is 0 Å². The molecule has 0 aromatic rings. The number of unbranched alkanes of at least 4 members (excludes halogenated alkanes) is 33. The average molecular weight is 677 g/mol. The molecule has 2 nitrogen and oxygen atoms in total. The highest BCUT2D eigenvalue weighted by atomic mass is 15.1. The van der Waals surface area contributed by atoms with E-state index in [1.807, 2.05) is 0 Å². The lowest BCUT2D eigenvalue weighted by atomic mass is 10.0. The Morgan fingerprint density at radius 2 is 0.562 bits per heavy atom. The maximum Gasteiger partial charge on any atom is 0.0192 e. The van der Waals surface area contributed by atoms with Crippen LogP contribution in [0.15, 0.2) is 0 Å². The van der Waals surface area contributed by atoms with Crippen LogP contribution in [0.3, 0.4) is 0 Å². The van der Waals surface area contributed by atoms with Gasteiger partial charge in [0.2, 0.25) is 0 Å². The molecule has 1 atom stereocenters. The fourth-order valence-corrected chi connectivity index (χ4v) is 7.57. The second-order valence-electron chi connectivity index (χ2n) is 16.0. The van der Waals surface area contributed by atoms with E-state index in [9.17, 15) is 0 Å². The third-order valence-electron chi connectivity index (χ3n) is 11.1. The third-order valence-corrected chi connectivity index (χ3v) is 11.1. The first kappa shape index (κ1) is 47.9. The van der Waals surface area contributed by atoms with Crippen LogP contribution in [-0.4, -0.2) is 37.1 Å². The standard InChI is InChI=1S/C46H96N2/c1-5-9-12-15-18-21-24-27-30-33-36-39-42-47-46(8-4)45-48(43-40-37-34-31-28-25-22-19-16-13-10-6-2)44-41-38-35-32-29-26-23-20-17-14-11-7-3/h46-47H,5-45H2,1-4H3. The molecule has 0 amide bonds. The predicted molar refractivity (Wildman–Crippen MR) is 222 cm³/mol. The summed E-state index contributed by atoms with van der Waals surface area (Å²) < 4.78 is 0. The molecule has 48 heavy (non-hydrogen) atoms. The molecule has 0 fully saturated rings. The molecular weight excluding hydrogens is 581 g/mol. The van der Waals surface area contributed by atoms with Crippen LogP contribution in [0.4, 0.5) is 0 Å². The van der Waals surface area contributed by atoms with Gasteiger partial charge in [0.25, 0.3) is 0 Å². The molecule has 2 heteroatoms. The average Bonchev–Trinajstić information content (AvgIpc) is 3.10. The summed E-state index contributed by atoms with van der Waals surface area (Å²) in [4.78, 5) is 2.86. The second kappa shape index (κ2) is 43.1. The van der Waals surface area contributed by atoms with Gasteiger partial charge in [0.15, 0.2) is 0 Å². The van der Waals surface area contributed by atoms with Gasteiger partial charge < -0.3 is 10.2 Å². The monoisotopic (exact) mass is 677 g/mol. The zero-order valence-electron chi connectivity index (χ0n) is 34.5. The van der Waals surface area contributed by atoms with Crippen molar-refractivity contribution in [2.45, 2.75) is 271 Å². The molecule has 0 heterocycles. The summed E-state index contributed by atoms with van der Waals surface area (Å²) in [6.07, 6.45) is 53.3. The Labute approximate surface area is 306 Å². The summed E-state index contributed by atoms with van der Waals surface area (Å²) in [7, 11) is 0. The molecule has 1 N–H and O–H groups in total. The number of nitrogens with zero attached hydrogens (tertiary/aromatic N) is 1. The molecular formula is C46H96N2. The van der Waals surface area contributed by atoms with Gasteiger partial charge in [-0.3, -0.25) is 0 Å². The number of rotatable bonds is 43. The van der Waals surface area contributed by atoms with Crippen LogP contribution < -0.4 is 5.32 Å². The summed E-state index contributed by atoms with van der Waals surface area (Å²) in [6, 6.07) is 0.673. The van der Waals surface area contributed by atoms with Crippen LogP contribution in [0.2, 0.25) is 0 Å². The number of nitrogens with one attached hydrogen (secondary N) is 1. The van der Waals surface area contributed by atoms with Gasteiger partial charge in [-0.1, -0.05) is 240 Å². The summed E-state index contributed by atoms with van der Waals surface area (Å²) in [5, 5.41) is 3.99. The normalized spacial score (nSPS) is 12.4. The van der Waals surface area contributed by atoms with Gasteiger partial charge in [-0.15, -0.1) is 0 Å². The zero-order chi connectivity index (χ0) is 34.9. The first-order valence-electron chi connectivity index (χ1n) is 23.2. The highest BCUT2D eigenvalue weighted by Gasteiger charge is 2.12. The van der Waals surface area contributed by atoms with Gasteiger partial charge in [-0.25, -0.2) is 0 Å². The van der Waals surface area contributed by atoms with Gasteiger partial charge in [0.1, 0.15) is 0 Å². The minimum absolute atomic E-state index is 0.673. The highest BCUT2D eigenvalue weighted by molar-refractivity contribution is 4.72. The molecule has 0 saturated carbocycles. The molecule has 290 valence electrons. The van der Waals surface area contributed by atoms with Crippen molar-refractivity contribution in [1.82, 2.24) is 10.2 Å². The van der Waals surface area contributed by atoms with Crippen LogP contribution in [0, 0.1) is 0 Å². The first-order valence-corrected chi connectivity index (χ1v) is 23.2. The Kier molecular flexibility index (Phi) is 43.0. The van der Waals surface area contributed by atoms with Crippen LogP contribution in [0.5, 0.6) is 0 Å². The van der Waals surface area contributed by atoms with Crippen molar-refractivity contribution >= 4 is 0 Å².